The molecule has 0 saturated heterocycles. The van der Waals surface area contributed by atoms with Gasteiger partial charge in [0.1, 0.15) is 12.4 Å². The predicted octanol–water partition coefficient (Wildman–Crippen LogP) is 3.07. The number of hydrogen-bond donors (Lipinski definition) is 1. The van der Waals surface area contributed by atoms with Crippen LogP contribution in [0.3, 0.4) is 0 Å². The van der Waals surface area contributed by atoms with Crippen molar-refractivity contribution in [3.63, 3.8) is 0 Å². The fourth-order valence-electron chi connectivity index (χ4n) is 2.55. The first kappa shape index (κ1) is 18.6. The Morgan fingerprint density at radius 2 is 1.81 bits per heavy atom. The molecule has 0 atom stereocenters. The number of rotatable bonds is 7. The van der Waals surface area contributed by atoms with E-state index in [1.807, 2.05) is 45.0 Å². The van der Waals surface area contributed by atoms with Crippen molar-refractivity contribution in [1.82, 2.24) is 25.5 Å². The van der Waals surface area contributed by atoms with E-state index in [-0.39, 0.29) is 18.6 Å². The van der Waals surface area contributed by atoms with Gasteiger partial charge >= 0.3 is 0 Å². The summed E-state index contributed by atoms with van der Waals surface area (Å²) < 4.78 is 7.44. The molecule has 1 aromatic heterocycles. The van der Waals surface area contributed by atoms with Gasteiger partial charge in [-0.1, -0.05) is 29.8 Å². The third-order valence-electron chi connectivity index (χ3n) is 4.11. The molecule has 0 aliphatic heterocycles. The van der Waals surface area contributed by atoms with Crippen molar-refractivity contribution in [2.75, 3.05) is 0 Å². The summed E-state index contributed by atoms with van der Waals surface area (Å²) in [6.45, 7) is 6.81. The number of nitrogens with one attached hydrogen (secondary N) is 1. The van der Waals surface area contributed by atoms with E-state index in [0.717, 1.165) is 5.56 Å². The van der Waals surface area contributed by atoms with Gasteiger partial charge in [0.05, 0.1) is 6.04 Å². The zero-order valence-corrected chi connectivity index (χ0v) is 15.7. The number of tetrazole rings is 1. The number of aryl methyl sites for hydroxylation is 1. The quantitative estimate of drug-likeness (QED) is 0.696. The SMILES string of the molecule is Cc1ccc(CNC(=O)c2ccc(OCc3nnnn3C(C)C)cc2)cc1. The molecule has 0 aliphatic rings. The maximum atomic E-state index is 12.3. The zero-order chi connectivity index (χ0) is 19.2. The first-order valence-electron chi connectivity index (χ1n) is 8.86. The van der Waals surface area contributed by atoms with E-state index in [4.69, 9.17) is 4.74 Å². The van der Waals surface area contributed by atoms with Crippen LogP contribution in [0, 0.1) is 6.92 Å². The summed E-state index contributed by atoms with van der Waals surface area (Å²) >= 11 is 0. The van der Waals surface area contributed by atoms with Gasteiger partial charge in [0.25, 0.3) is 5.91 Å². The molecule has 27 heavy (non-hydrogen) atoms. The van der Waals surface area contributed by atoms with Gasteiger partial charge < -0.3 is 10.1 Å². The summed E-state index contributed by atoms with van der Waals surface area (Å²) in [5, 5.41) is 14.5. The number of aromatic nitrogens is 4. The Bertz CT molecular complexity index is 885. The van der Waals surface area contributed by atoms with Crippen LogP contribution in [0.5, 0.6) is 5.75 Å². The van der Waals surface area contributed by atoms with E-state index < -0.39 is 0 Å². The van der Waals surface area contributed by atoms with Crippen LogP contribution >= 0.6 is 0 Å². The van der Waals surface area contributed by atoms with Crippen LogP contribution in [0.1, 0.15) is 47.2 Å². The number of amides is 1. The minimum absolute atomic E-state index is 0.120. The van der Waals surface area contributed by atoms with Gasteiger partial charge in [-0.25, -0.2) is 4.68 Å². The first-order valence-corrected chi connectivity index (χ1v) is 8.86. The molecule has 140 valence electrons. The van der Waals surface area contributed by atoms with Crippen molar-refractivity contribution in [3.8, 4) is 5.75 Å². The van der Waals surface area contributed by atoms with Gasteiger partial charge in [-0.2, -0.15) is 0 Å². The average molecular weight is 365 g/mol. The molecule has 0 aliphatic carbocycles. The topological polar surface area (TPSA) is 81.9 Å². The molecule has 0 fully saturated rings. The second kappa shape index (κ2) is 8.44. The molecule has 2 aromatic carbocycles. The molecule has 0 unspecified atom stereocenters. The minimum Gasteiger partial charge on any atom is -0.486 e. The van der Waals surface area contributed by atoms with Crippen LogP contribution in [0.25, 0.3) is 0 Å². The molecule has 0 bridgehead atoms. The molecule has 0 spiro atoms. The van der Waals surface area contributed by atoms with Crippen molar-refractivity contribution in [3.05, 3.63) is 71.0 Å². The molecular weight excluding hydrogens is 342 g/mol. The Labute approximate surface area is 158 Å². The van der Waals surface area contributed by atoms with Gasteiger partial charge in [0.2, 0.25) is 0 Å². The van der Waals surface area contributed by atoms with Gasteiger partial charge in [-0.15, -0.1) is 5.10 Å². The minimum atomic E-state index is -0.120. The number of carbonyl (C=O) groups excluding carboxylic acids is 1. The number of hydrogen-bond acceptors (Lipinski definition) is 5. The van der Waals surface area contributed by atoms with Crippen LogP contribution < -0.4 is 10.1 Å². The van der Waals surface area contributed by atoms with Crippen molar-refractivity contribution >= 4 is 5.91 Å². The molecule has 0 saturated carbocycles. The maximum Gasteiger partial charge on any atom is 0.251 e. The second-order valence-electron chi connectivity index (χ2n) is 6.61. The smallest absolute Gasteiger partial charge is 0.251 e. The van der Waals surface area contributed by atoms with Crippen LogP contribution in [0.4, 0.5) is 0 Å². The van der Waals surface area contributed by atoms with Crippen LogP contribution in [-0.4, -0.2) is 26.1 Å². The second-order valence-corrected chi connectivity index (χ2v) is 6.61. The summed E-state index contributed by atoms with van der Waals surface area (Å²) in [6.07, 6.45) is 0. The molecule has 1 amide bonds. The Kier molecular flexibility index (Phi) is 5.80. The largest absolute Gasteiger partial charge is 0.486 e. The zero-order valence-electron chi connectivity index (χ0n) is 15.7. The van der Waals surface area contributed by atoms with Crippen LogP contribution in [-0.2, 0) is 13.2 Å². The number of carbonyl (C=O) groups is 1. The maximum absolute atomic E-state index is 12.3. The number of ether oxygens (including phenoxy) is 1. The van der Waals surface area contributed by atoms with Crippen LogP contribution in [0.2, 0.25) is 0 Å². The lowest BCUT2D eigenvalue weighted by Crippen LogP contribution is -2.22. The van der Waals surface area contributed by atoms with Gasteiger partial charge in [-0.05, 0) is 61.0 Å². The molecular formula is C20H23N5O2. The Hall–Kier alpha value is -3.22. The predicted molar refractivity (Wildman–Crippen MR) is 101 cm³/mol. The molecule has 7 heteroatoms. The van der Waals surface area contributed by atoms with E-state index in [9.17, 15) is 4.79 Å². The summed E-state index contributed by atoms with van der Waals surface area (Å²) in [7, 11) is 0. The third kappa shape index (κ3) is 4.91. The lowest BCUT2D eigenvalue weighted by Gasteiger charge is -2.10. The van der Waals surface area contributed by atoms with E-state index >= 15 is 0 Å². The standard InChI is InChI=1S/C20H23N5O2/c1-14(2)25-19(22-23-24-25)13-27-18-10-8-17(9-11-18)20(26)21-12-16-6-4-15(3)5-7-16/h4-11,14H,12-13H2,1-3H3,(H,21,26). The van der Waals surface area contributed by atoms with Gasteiger partial charge in [0.15, 0.2) is 5.82 Å². The van der Waals surface area contributed by atoms with E-state index in [1.165, 1.54) is 5.56 Å². The Morgan fingerprint density at radius 3 is 2.48 bits per heavy atom. The summed E-state index contributed by atoms with van der Waals surface area (Å²) in [6, 6.07) is 15.3. The van der Waals surface area contributed by atoms with Crippen molar-refractivity contribution in [1.29, 1.82) is 0 Å². The molecule has 3 aromatic rings. The Balaban J connectivity index is 1.54. The molecule has 3 rings (SSSR count). The fraction of sp³-hybridized carbons (Fsp3) is 0.300. The highest BCUT2D eigenvalue weighted by Crippen LogP contribution is 2.15. The van der Waals surface area contributed by atoms with E-state index in [1.54, 1.807) is 28.9 Å². The normalized spacial score (nSPS) is 10.8. The molecule has 1 N–H and O–H groups in total. The summed E-state index contributed by atoms with van der Waals surface area (Å²) in [5.41, 5.74) is 2.85. The lowest BCUT2D eigenvalue weighted by molar-refractivity contribution is 0.0951. The highest BCUT2D eigenvalue weighted by Gasteiger charge is 2.10. The molecule has 1 heterocycles. The third-order valence-corrected chi connectivity index (χ3v) is 4.11. The molecule has 7 nitrogen and oxygen atoms in total. The fourth-order valence-corrected chi connectivity index (χ4v) is 2.55. The molecule has 0 radical (unpaired) electrons. The number of nitrogens with zero attached hydrogens (tertiary/aromatic N) is 4. The van der Waals surface area contributed by atoms with Crippen molar-refractivity contribution in [2.24, 2.45) is 0 Å². The lowest BCUT2D eigenvalue weighted by atomic mass is 10.1. The first-order chi connectivity index (χ1) is 13.0. The van der Waals surface area contributed by atoms with E-state index in [2.05, 4.69) is 20.8 Å². The van der Waals surface area contributed by atoms with Crippen LogP contribution in [0.15, 0.2) is 48.5 Å². The highest BCUT2D eigenvalue weighted by atomic mass is 16.5. The Morgan fingerprint density at radius 1 is 1.11 bits per heavy atom. The van der Waals surface area contributed by atoms with Crippen molar-refractivity contribution < 1.29 is 9.53 Å². The van der Waals surface area contributed by atoms with Gasteiger partial charge in [-0.3, -0.25) is 4.79 Å². The average Bonchev–Trinajstić information content (AvgIpc) is 3.15. The van der Waals surface area contributed by atoms with E-state index in [0.29, 0.717) is 23.7 Å². The highest BCUT2D eigenvalue weighted by molar-refractivity contribution is 5.94. The summed E-state index contributed by atoms with van der Waals surface area (Å²) in [5.74, 6) is 1.19. The monoisotopic (exact) mass is 365 g/mol. The number of benzene rings is 2. The summed E-state index contributed by atoms with van der Waals surface area (Å²) in [4.78, 5) is 12.3. The van der Waals surface area contributed by atoms with Gasteiger partial charge in [0, 0.05) is 12.1 Å². The van der Waals surface area contributed by atoms with Crippen molar-refractivity contribution in [2.45, 2.75) is 40.0 Å².